The van der Waals surface area contributed by atoms with E-state index in [0.717, 1.165) is 11.4 Å². The maximum atomic E-state index is 11.7. The molecule has 4 nitrogen and oxygen atoms in total. The smallest absolute Gasteiger partial charge is 0.226 e. The fourth-order valence-corrected chi connectivity index (χ4v) is 1.50. The number of carbonyl (C=O) groups excluding carboxylic acids is 1. The van der Waals surface area contributed by atoms with E-state index >= 15 is 0 Å². The number of anilines is 1. The van der Waals surface area contributed by atoms with Crippen LogP contribution in [0.1, 0.15) is 13.3 Å². The van der Waals surface area contributed by atoms with E-state index < -0.39 is 0 Å². The van der Waals surface area contributed by atoms with Gasteiger partial charge in [0.1, 0.15) is 5.75 Å². The molecule has 1 aromatic carbocycles. The molecule has 1 rings (SSSR count). The standard InChI is InChI=1S/C12H18N2O2/c1-3-12(15)14(8-7-13)10-5-4-6-11(9-10)16-2/h4-6,9H,3,7-8,13H2,1-2H3. The second kappa shape index (κ2) is 6.12. The predicted octanol–water partition coefficient (Wildman–Crippen LogP) is 1.40. The minimum atomic E-state index is 0.0682. The van der Waals surface area contributed by atoms with E-state index in [1.54, 1.807) is 12.0 Å². The molecule has 0 aliphatic rings. The Kier molecular flexibility index (Phi) is 4.79. The van der Waals surface area contributed by atoms with Crippen molar-refractivity contribution in [3.63, 3.8) is 0 Å². The van der Waals surface area contributed by atoms with Crippen LogP contribution < -0.4 is 15.4 Å². The van der Waals surface area contributed by atoms with Gasteiger partial charge in [0.25, 0.3) is 0 Å². The lowest BCUT2D eigenvalue weighted by Gasteiger charge is -2.22. The summed E-state index contributed by atoms with van der Waals surface area (Å²) in [6.45, 7) is 2.81. The molecule has 2 N–H and O–H groups in total. The van der Waals surface area contributed by atoms with Gasteiger partial charge >= 0.3 is 0 Å². The van der Waals surface area contributed by atoms with Gasteiger partial charge in [-0.05, 0) is 12.1 Å². The van der Waals surface area contributed by atoms with Crippen LogP contribution in [0.2, 0.25) is 0 Å². The van der Waals surface area contributed by atoms with Crippen molar-refractivity contribution in [1.82, 2.24) is 0 Å². The van der Waals surface area contributed by atoms with Crippen molar-refractivity contribution in [2.75, 3.05) is 25.1 Å². The van der Waals surface area contributed by atoms with Crippen molar-refractivity contribution in [1.29, 1.82) is 0 Å². The molecule has 0 aliphatic heterocycles. The molecule has 0 saturated heterocycles. The van der Waals surface area contributed by atoms with Crippen LogP contribution in [0, 0.1) is 0 Å². The number of nitrogens with zero attached hydrogens (tertiary/aromatic N) is 1. The summed E-state index contributed by atoms with van der Waals surface area (Å²) in [5.41, 5.74) is 6.33. The highest BCUT2D eigenvalue weighted by atomic mass is 16.5. The van der Waals surface area contributed by atoms with Crippen molar-refractivity contribution >= 4 is 11.6 Å². The lowest BCUT2D eigenvalue weighted by atomic mass is 10.2. The second-order valence-corrected chi connectivity index (χ2v) is 3.39. The van der Waals surface area contributed by atoms with Gasteiger partial charge in [0.2, 0.25) is 5.91 Å². The van der Waals surface area contributed by atoms with Gasteiger partial charge in [-0.1, -0.05) is 13.0 Å². The fraction of sp³-hybridized carbons (Fsp3) is 0.417. The van der Waals surface area contributed by atoms with E-state index in [-0.39, 0.29) is 5.91 Å². The second-order valence-electron chi connectivity index (χ2n) is 3.39. The Labute approximate surface area is 96.0 Å². The lowest BCUT2D eigenvalue weighted by molar-refractivity contribution is -0.118. The zero-order valence-corrected chi connectivity index (χ0v) is 9.77. The van der Waals surface area contributed by atoms with Crippen LogP contribution in [0.15, 0.2) is 24.3 Å². The highest BCUT2D eigenvalue weighted by Crippen LogP contribution is 2.21. The zero-order chi connectivity index (χ0) is 12.0. The van der Waals surface area contributed by atoms with E-state index in [4.69, 9.17) is 10.5 Å². The van der Waals surface area contributed by atoms with Crippen LogP contribution in [0.5, 0.6) is 5.75 Å². The molecule has 0 saturated carbocycles. The number of hydrogen-bond acceptors (Lipinski definition) is 3. The van der Waals surface area contributed by atoms with Gasteiger partial charge in [-0.15, -0.1) is 0 Å². The van der Waals surface area contributed by atoms with Crippen LogP contribution in [-0.2, 0) is 4.79 Å². The Morgan fingerprint density at radius 1 is 1.50 bits per heavy atom. The summed E-state index contributed by atoms with van der Waals surface area (Å²) >= 11 is 0. The first-order valence-electron chi connectivity index (χ1n) is 5.37. The van der Waals surface area contributed by atoms with Gasteiger partial charge in [-0.25, -0.2) is 0 Å². The monoisotopic (exact) mass is 222 g/mol. The number of rotatable bonds is 5. The average Bonchev–Trinajstić information content (AvgIpc) is 2.35. The summed E-state index contributed by atoms with van der Waals surface area (Å²) < 4.78 is 5.13. The Balaban J connectivity index is 2.95. The number of benzene rings is 1. The Hall–Kier alpha value is -1.55. The SMILES string of the molecule is CCC(=O)N(CCN)c1cccc(OC)c1. The summed E-state index contributed by atoms with van der Waals surface area (Å²) in [5.74, 6) is 0.808. The zero-order valence-electron chi connectivity index (χ0n) is 9.77. The van der Waals surface area contributed by atoms with E-state index in [9.17, 15) is 4.79 Å². The third-order valence-corrected chi connectivity index (χ3v) is 2.32. The molecule has 1 amide bonds. The van der Waals surface area contributed by atoms with Gasteiger partial charge in [0, 0.05) is 31.3 Å². The third kappa shape index (κ3) is 2.97. The molecule has 0 heterocycles. The van der Waals surface area contributed by atoms with Crippen LogP contribution in [0.3, 0.4) is 0 Å². The molecular formula is C12H18N2O2. The number of ether oxygens (including phenoxy) is 1. The van der Waals surface area contributed by atoms with Crippen molar-refractivity contribution in [3.8, 4) is 5.75 Å². The molecule has 0 bridgehead atoms. The van der Waals surface area contributed by atoms with E-state index in [1.807, 2.05) is 31.2 Å². The van der Waals surface area contributed by atoms with E-state index in [2.05, 4.69) is 0 Å². The van der Waals surface area contributed by atoms with E-state index in [1.165, 1.54) is 0 Å². The molecule has 1 aromatic rings. The average molecular weight is 222 g/mol. The van der Waals surface area contributed by atoms with Crippen molar-refractivity contribution in [2.45, 2.75) is 13.3 Å². The topological polar surface area (TPSA) is 55.6 Å². The molecule has 0 atom stereocenters. The summed E-state index contributed by atoms with van der Waals surface area (Å²) in [4.78, 5) is 13.4. The van der Waals surface area contributed by atoms with Crippen molar-refractivity contribution in [2.24, 2.45) is 5.73 Å². The first-order chi connectivity index (χ1) is 7.72. The highest BCUT2D eigenvalue weighted by molar-refractivity contribution is 5.93. The number of hydrogen-bond donors (Lipinski definition) is 1. The van der Waals surface area contributed by atoms with Crippen LogP contribution >= 0.6 is 0 Å². The largest absolute Gasteiger partial charge is 0.497 e. The van der Waals surface area contributed by atoms with Crippen LogP contribution in [-0.4, -0.2) is 26.1 Å². The first kappa shape index (κ1) is 12.5. The maximum absolute atomic E-state index is 11.7. The molecule has 4 heteroatoms. The predicted molar refractivity (Wildman–Crippen MR) is 64.7 cm³/mol. The molecule has 0 radical (unpaired) electrons. The molecule has 0 spiro atoms. The molecule has 16 heavy (non-hydrogen) atoms. The van der Waals surface area contributed by atoms with Gasteiger partial charge < -0.3 is 15.4 Å². The lowest BCUT2D eigenvalue weighted by Crippen LogP contribution is -2.34. The highest BCUT2D eigenvalue weighted by Gasteiger charge is 2.13. The Morgan fingerprint density at radius 3 is 2.81 bits per heavy atom. The first-order valence-corrected chi connectivity index (χ1v) is 5.37. The van der Waals surface area contributed by atoms with E-state index in [0.29, 0.717) is 19.5 Å². The van der Waals surface area contributed by atoms with Crippen molar-refractivity contribution < 1.29 is 9.53 Å². The van der Waals surface area contributed by atoms with Crippen molar-refractivity contribution in [3.05, 3.63) is 24.3 Å². The third-order valence-electron chi connectivity index (χ3n) is 2.32. The molecule has 88 valence electrons. The minimum absolute atomic E-state index is 0.0682. The summed E-state index contributed by atoms with van der Waals surface area (Å²) in [6.07, 6.45) is 0.469. The van der Waals surface area contributed by atoms with Gasteiger partial charge in [-0.3, -0.25) is 4.79 Å². The Morgan fingerprint density at radius 2 is 2.25 bits per heavy atom. The van der Waals surface area contributed by atoms with Gasteiger partial charge in [-0.2, -0.15) is 0 Å². The number of carbonyl (C=O) groups is 1. The maximum Gasteiger partial charge on any atom is 0.226 e. The molecule has 0 fully saturated rings. The molecular weight excluding hydrogens is 204 g/mol. The van der Waals surface area contributed by atoms with Gasteiger partial charge in [0.15, 0.2) is 0 Å². The summed E-state index contributed by atoms with van der Waals surface area (Å²) in [5, 5.41) is 0. The van der Waals surface area contributed by atoms with Crippen LogP contribution in [0.4, 0.5) is 5.69 Å². The summed E-state index contributed by atoms with van der Waals surface area (Å²) in [7, 11) is 1.61. The summed E-state index contributed by atoms with van der Waals surface area (Å²) in [6, 6.07) is 7.43. The van der Waals surface area contributed by atoms with Gasteiger partial charge in [0.05, 0.1) is 7.11 Å². The van der Waals surface area contributed by atoms with Crippen LogP contribution in [0.25, 0.3) is 0 Å². The minimum Gasteiger partial charge on any atom is -0.497 e. The fourth-order valence-electron chi connectivity index (χ4n) is 1.50. The molecule has 0 aliphatic carbocycles. The number of methoxy groups -OCH3 is 1. The molecule has 0 unspecified atom stereocenters. The molecule has 0 aromatic heterocycles. The number of amides is 1. The quantitative estimate of drug-likeness (QED) is 0.819. The number of nitrogens with two attached hydrogens (primary N) is 1. The Bertz CT molecular complexity index is 353. The normalized spacial score (nSPS) is 9.94.